The molecule has 1 fully saturated rings. The number of ether oxygens (including phenoxy) is 4. The van der Waals surface area contributed by atoms with Gasteiger partial charge < -0.3 is 29.6 Å². The number of carbonyl (C=O) groups is 1. The number of likely N-dealkylation sites (tertiary alicyclic amines) is 1. The second kappa shape index (κ2) is 11.5. The van der Waals surface area contributed by atoms with Crippen LogP contribution < -0.4 is 15.2 Å². The number of nitrogens with zero attached hydrogens (tertiary/aromatic N) is 4. The highest BCUT2D eigenvalue weighted by Gasteiger charge is 2.32. The Kier molecular flexibility index (Phi) is 8.31. The number of aliphatic imine (C=N–C) groups is 1. The number of piperidine rings is 1. The molecule has 4 rings (SSSR count). The zero-order valence-corrected chi connectivity index (χ0v) is 22.1. The van der Waals surface area contributed by atoms with Gasteiger partial charge in [0.15, 0.2) is 27.0 Å². The van der Waals surface area contributed by atoms with Crippen LogP contribution in [0.2, 0.25) is 0 Å². The van der Waals surface area contributed by atoms with Crippen LogP contribution in [0.4, 0.5) is 9.18 Å². The summed E-state index contributed by atoms with van der Waals surface area (Å²) in [7, 11) is -3.61. The standard InChI is InChI=1S/C24H30FN5O7S/c1-14(2)34-24(31)30-8-6-15(7-9-30)35-22-20(21-27-12-16(11-26)36-21)23(29-13-28-22)37-19-5-4-17(10-18(19)25)38(3,32)33/h4-5,10,13-16H,6-9,11-12,26H2,1-3H3. The number of nitrogens with two attached hydrogens (primary N) is 1. The van der Waals surface area contributed by atoms with Crippen molar-refractivity contribution in [1.82, 2.24) is 14.9 Å². The summed E-state index contributed by atoms with van der Waals surface area (Å²) in [5, 5.41) is 0. The minimum absolute atomic E-state index is 0.0876. The van der Waals surface area contributed by atoms with Crippen molar-refractivity contribution in [3.63, 3.8) is 0 Å². The van der Waals surface area contributed by atoms with Crippen molar-refractivity contribution in [1.29, 1.82) is 0 Å². The second-order valence-electron chi connectivity index (χ2n) is 9.18. The first kappa shape index (κ1) is 27.5. The molecule has 1 aromatic heterocycles. The Morgan fingerprint density at radius 3 is 2.55 bits per heavy atom. The largest absolute Gasteiger partial charge is 0.473 e. The number of hydrogen-bond acceptors (Lipinski definition) is 11. The predicted octanol–water partition coefficient (Wildman–Crippen LogP) is 2.30. The average Bonchev–Trinajstić information content (AvgIpc) is 3.34. The summed E-state index contributed by atoms with van der Waals surface area (Å²) in [6.45, 7) is 4.97. The second-order valence-corrected chi connectivity index (χ2v) is 11.2. The summed E-state index contributed by atoms with van der Waals surface area (Å²) in [6, 6.07) is 3.30. The van der Waals surface area contributed by atoms with Crippen LogP contribution in [0.15, 0.2) is 34.4 Å². The first-order valence-electron chi connectivity index (χ1n) is 12.1. The predicted molar refractivity (Wildman–Crippen MR) is 134 cm³/mol. The average molecular weight is 552 g/mol. The highest BCUT2D eigenvalue weighted by atomic mass is 32.2. The van der Waals surface area contributed by atoms with Gasteiger partial charge in [0.1, 0.15) is 18.5 Å². The summed E-state index contributed by atoms with van der Waals surface area (Å²) >= 11 is 0. The van der Waals surface area contributed by atoms with Gasteiger partial charge in [0.25, 0.3) is 0 Å². The van der Waals surface area contributed by atoms with Crippen LogP contribution >= 0.6 is 0 Å². The van der Waals surface area contributed by atoms with Crippen LogP contribution in [0.5, 0.6) is 17.5 Å². The Labute approximate surface area is 219 Å². The minimum Gasteiger partial charge on any atom is -0.473 e. The van der Waals surface area contributed by atoms with Gasteiger partial charge in [-0.3, -0.25) is 0 Å². The Balaban J connectivity index is 1.58. The first-order chi connectivity index (χ1) is 18.0. The van der Waals surface area contributed by atoms with Crippen molar-refractivity contribution in [2.45, 2.75) is 49.9 Å². The van der Waals surface area contributed by atoms with E-state index in [1.54, 1.807) is 18.7 Å². The number of sulfone groups is 1. The Hall–Kier alpha value is -3.52. The van der Waals surface area contributed by atoms with E-state index in [1.807, 2.05) is 0 Å². The van der Waals surface area contributed by atoms with E-state index >= 15 is 0 Å². The summed E-state index contributed by atoms with van der Waals surface area (Å²) in [4.78, 5) is 26.4. The fourth-order valence-corrected chi connectivity index (χ4v) is 4.50. The van der Waals surface area contributed by atoms with Crippen molar-refractivity contribution < 1.29 is 36.6 Å². The van der Waals surface area contributed by atoms with Crippen LogP contribution in [-0.4, -0.2) is 86.0 Å². The number of rotatable bonds is 8. The fourth-order valence-electron chi connectivity index (χ4n) is 3.87. The van der Waals surface area contributed by atoms with E-state index in [4.69, 9.17) is 24.7 Å². The Morgan fingerprint density at radius 2 is 1.95 bits per heavy atom. The van der Waals surface area contributed by atoms with Gasteiger partial charge in [0.2, 0.25) is 17.7 Å². The fraction of sp³-hybridized carbons (Fsp3) is 0.500. The summed E-state index contributed by atoms with van der Waals surface area (Å²) in [6.07, 6.45) is 1.97. The van der Waals surface area contributed by atoms with Gasteiger partial charge in [0, 0.05) is 38.7 Å². The highest BCUT2D eigenvalue weighted by Crippen LogP contribution is 2.34. The third kappa shape index (κ3) is 6.48. The van der Waals surface area contributed by atoms with E-state index in [0.29, 0.717) is 32.5 Å². The maximum atomic E-state index is 14.8. The molecule has 1 amide bonds. The summed E-state index contributed by atoms with van der Waals surface area (Å²) < 4.78 is 61.3. The Morgan fingerprint density at radius 1 is 1.24 bits per heavy atom. The lowest BCUT2D eigenvalue weighted by molar-refractivity contribution is 0.0505. The van der Waals surface area contributed by atoms with Crippen molar-refractivity contribution in [2.24, 2.45) is 10.7 Å². The highest BCUT2D eigenvalue weighted by molar-refractivity contribution is 7.90. The van der Waals surface area contributed by atoms with Gasteiger partial charge in [-0.25, -0.2) is 32.6 Å². The van der Waals surface area contributed by atoms with Crippen molar-refractivity contribution in [3.05, 3.63) is 35.9 Å². The minimum atomic E-state index is -3.61. The molecule has 0 radical (unpaired) electrons. The van der Waals surface area contributed by atoms with Crippen LogP contribution in [-0.2, 0) is 19.3 Å². The molecule has 0 saturated carbocycles. The number of hydrogen-bond donors (Lipinski definition) is 1. The molecule has 1 aromatic carbocycles. The maximum Gasteiger partial charge on any atom is 0.410 e. The normalized spacial score (nSPS) is 18.2. The quantitative estimate of drug-likeness (QED) is 0.516. The van der Waals surface area contributed by atoms with Crippen LogP contribution in [0.3, 0.4) is 0 Å². The van der Waals surface area contributed by atoms with Gasteiger partial charge in [-0.1, -0.05) is 0 Å². The third-order valence-corrected chi connectivity index (χ3v) is 6.93. The SMILES string of the molecule is CC(C)OC(=O)N1CCC(Oc2ncnc(Oc3ccc(S(C)(=O)=O)cc3F)c2C2=NCC(CN)O2)CC1. The lowest BCUT2D eigenvalue weighted by atomic mass is 10.1. The number of aromatic nitrogens is 2. The number of amides is 1. The smallest absolute Gasteiger partial charge is 0.410 e. The molecule has 14 heteroatoms. The molecule has 3 heterocycles. The van der Waals surface area contributed by atoms with Gasteiger partial charge in [-0.05, 0) is 32.0 Å². The molecule has 2 aliphatic heterocycles. The Bertz CT molecular complexity index is 1310. The lowest BCUT2D eigenvalue weighted by Crippen LogP contribution is -2.42. The molecular weight excluding hydrogens is 521 g/mol. The van der Waals surface area contributed by atoms with E-state index in [1.165, 1.54) is 18.5 Å². The third-order valence-electron chi connectivity index (χ3n) is 5.82. The summed E-state index contributed by atoms with van der Waals surface area (Å²) in [5.41, 5.74) is 5.90. The van der Waals surface area contributed by atoms with Crippen molar-refractivity contribution in [3.8, 4) is 17.5 Å². The van der Waals surface area contributed by atoms with E-state index < -0.39 is 15.7 Å². The molecule has 38 heavy (non-hydrogen) atoms. The van der Waals surface area contributed by atoms with Crippen molar-refractivity contribution in [2.75, 3.05) is 32.4 Å². The molecule has 1 saturated heterocycles. The van der Waals surface area contributed by atoms with Crippen LogP contribution in [0.1, 0.15) is 32.3 Å². The molecule has 2 aromatic rings. The van der Waals surface area contributed by atoms with Crippen LogP contribution in [0, 0.1) is 5.82 Å². The number of halogens is 1. The first-order valence-corrected chi connectivity index (χ1v) is 14.0. The van der Waals surface area contributed by atoms with Gasteiger partial charge in [-0.2, -0.15) is 0 Å². The van der Waals surface area contributed by atoms with E-state index in [0.717, 1.165) is 12.3 Å². The van der Waals surface area contributed by atoms with Gasteiger partial charge in [0.05, 0.1) is 17.5 Å². The molecule has 0 aliphatic carbocycles. The lowest BCUT2D eigenvalue weighted by Gasteiger charge is -2.32. The molecule has 0 bridgehead atoms. The number of carbonyl (C=O) groups excluding carboxylic acids is 1. The molecule has 2 aliphatic rings. The van der Waals surface area contributed by atoms with Gasteiger partial charge >= 0.3 is 6.09 Å². The zero-order chi connectivity index (χ0) is 27.4. The van der Waals surface area contributed by atoms with Gasteiger partial charge in [-0.15, -0.1) is 0 Å². The van der Waals surface area contributed by atoms with Crippen LogP contribution in [0.25, 0.3) is 0 Å². The monoisotopic (exact) mass is 551 g/mol. The van der Waals surface area contributed by atoms with E-state index in [-0.39, 0.29) is 64.8 Å². The maximum absolute atomic E-state index is 14.8. The molecule has 1 atom stereocenters. The zero-order valence-electron chi connectivity index (χ0n) is 21.3. The van der Waals surface area contributed by atoms with Crippen molar-refractivity contribution >= 4 is 21.8 Å². The molecule has 12 nitrogen and oxygen atoms in total. The molecule has 206 valence electrons. The molecule has 0 spiro atoms. The topological polar surface area (TPSA) is 156 Å². The number of benzene rings is 1. The molecular formula is C24H30FN5O7S. The molecule has 1 unspecified atom stereocenters. The van der Waals surface area contributed by atoms with E-state index in [2.05, 4.69) is 15.0 Å². The molecule has 2 N–H and O–H groups in total. The van der Waals surface area contributed by atoms with E-state index in [9.17, 15) is 17.6 Å². The summed E-state index contributed by atoms with van der Waals surface area (Å²) in [5.74, 6) is -0.987.